The van der Waals surface area contributed by atoms with Crippen LogP contribution in [-0.2, 0) is 11.2 Å². The fourth-order valence-electron chi connectivity index (χ4n) is 4.64. The van der Waals surface area contributed by atoms with Crippen LogP contribution in [0.1, 0.15) is 40.4 Å². The maximum Gasteiger partial charge on any atom is 0.311 e. The van der Waals surface area contributed by atoms with Crippen molar-refractivity contribution in [1.29, 1.82) is 0 Å². The smallest absolute Gasteiger partial charge is 0.311 e. The van der Waals surface area contributed by atoms with Gasteiger partial charge >= 0.3 is 5.97 Å². The van der Waals surface area contributed by atoms with E-state index in [-0.39, 0.29) is 5.91 Å². The second-order valence-electron chi connectivity index (χ2n) is 7.89. The van der Waals surface area contributed by atoms with Gasteiger partial charge in [-0.25, -0.2) is 0 Å². The Morgan fingerprint density at radius 3 is 2.35 bits per heavy atom. The average molecular weight is 521 g/mol. The molecule has 1 aliphatic rings. The SMILES string of the molecule is O=C(O)C1CCCc2c1c1cc(I)ccc1n2C(=O)c1ccc(-c2ccccc2)cc1. The van der Waals surface area contributed by atoms with E-state index in [4.69, 9.17) is 0 Å². The molecule has 0 saturated carbocycles. The van der Waals surface area contributed by atoms with Crippen LogP contribution in [0.3, 0.4) is 0 Å². The van der Waals surface area contributed by atoms with Crippen LogP contribution in [0, 0.1) is 3.57 Å². The summed E-state index contributed by atoms with van der Waals surface area (Å²) in [5.74, 6) is -1.50. The molecule has 0 amide bonds. The molecule has 0 aliphatic heterocycles. The summed E-state index contributed by atoms with van der Waals surface area (Å²) >= 11 is 2.23. The molecular formula is C26H20INO3. The Kier molecular flexibility index (Phi) is 5.14. The first kappa shape index (κ1) is 20.0. The van der Waals surface area contributed by atoms with E-state index in [2.05, 4.69) is 22.6 Å². The second kappa shape index (κ2) is 7.96. The van der Waals surface area contributed by atoms with Crippen LogP contribution < -0.4 is 0 Å². The summed E-state index contributed by atoms with van der Waals surface area (Å²) in [4.78, 5) is 25.6. The van der Waals surface area contributed by atoms with Crippen LogP contribution >= 0.6 is 22.6 Å². The summed E-state index contributed by atoms with van der Waals surface area (Å²) < 4.78 is 2.77. The van der Waals surface area contributed by atoms with Crippen molar-refractivity contribution in [2.75, 3.05) is 0 Å². The van der Waals surface area contributed by atoms with E-state index in [1.807, 2.05) is 72.8 Å². The molecule has 154 valence electrons. The molecule has 0 saturated heterocycles. The normalized spacial score (nSPS) is 15.6. The number of carbonyl (C=O) groups excluding carboxylic acids is 1. The first-order valence-corrected chi connectivity index (χ1v) is 11.4. The Bertz CT molecular complexity index is 1310. The number of halogens is 1. The fourth-order valence-corrected chi connectivity index (χ4v) is 5.13. The number of carboxylic acids is 1. The molecule has 0 fully saturated rings. The molecule has 5 rings (SSSR count). The molecule has 1 N–H and O–H groups in total. The van der Waals surface area contributed by atoms with Crippen molar-refractivity contribution in [2.24, 2.45) is 0 Å². The number of hydrogen-bond acceptors (Lipinski definition) is 2. The summed E-state index contributed by atoms with van der Waals surface area (Å²) in [7, 11) is 0. The van der Waals surface area contributed by atoms with Crippen LogP contribution in [0.4, 0.5) is 0 Å². The van der Waals surface area contributed by atoms with E-state index in [0.717, 1.165) is 43.3 Å². The van der Waals surface area contributed by atoms with E-state index in [0.29, 0.717) is 18.4 Å². The van der Waals surface area contributed by atoms with Gasteiger partial charge in [0.1, 0.15) is 0 Å². The van der Waals surface area contributed by atoms with Crippen LogP contribution in [0.5, 0.6) is 0 Å². The van der Waals surface area contributed by atoms with Gasteiger partial charge in [-0.3, -0.25) is 14.2 Å². The molecule has 0 radical (unpaired) electrons. The molecule has 3 aromatic carbocycles. The Balaban J connectivity index is 1.64. The summed E-state index contributed by atoms with van der Waals surface area (Å²) in [6.07, 6.45) is 2.07. The minimum atomic E-state index is -0.821. The first-order valence-electron chi connectivity index (χ1n) is 10.3. The van der Waals surface area contributed by atoms with Gasteiger partial charge in [-0.15, -0.1) is 0 Å². The Morgan fingerprint density at radius 2 is 1.65 bits per heavy atom. The first-order chi connectivity index (χ1) is 15.0. The van der Waals surface area contributed by atoms with E-state index in [1.165, 1.54) is 0 Å². The highest BCUT2D eigenvalue weighted by atomic mass is 127. The van der Waals surface area contributed by atoms with Gasteiger partial charge in [0.25, 0.3) is 5.91 Å². The maximum atomic E-state index is 13.6. The highest BCUT2D eigenvalue weighted by molar-refractivity contribution is 14.1. The van der Waals surface area contributed by atoms with Gasteiger partial charge in [-0.1, -0.05) is 42.5 Å². The van der Waals surface area contributed by atoms with E-state index in [9.17, 15) is 14.7 Å². The number of rotatable bonds is 3. The third-order valence-corrected chi connectivity index (χ3v) is 6.74. The van der Waals surface area contributed by atoms with Crippen molar-refractivity contribution in [1.82, 2.24) is 4.57 Å². The molecule has 1 aromatic heterocycles. The van der Waals surface area contributed by atoms with E-state index >= 15 is 0 Å². The summed E-state index contributed by atoms with van der Waals surface area (Å²) in [5.41, 5.74) is 5.18. The lowest BCUT2D eigenvalue weighted by Crippen LogP contribution is -2.21. The third kappa shape index (κ3) is 3.47. The van der Waals surface area contributed by atoms with Crippen LogP contribution in [0.25, 0.3) is 22.0 Å². The Hall–Kier alpha value is -2.93. The van der Waals surface area contributed by atoms with Crippen molar-refractivity contribution < 1.29 is 14.7 Å². The van der Waals surface area contributed by atoms with Gasteiger partial charge in [0, 0.05) is 20.2 Å². The highest BCUT2D eigenvalue weighted by Gasteiger charge is 2.33. The molecule has 1 atom stereocenters. The minimum absolute atomic E-state index is 0.113. The zero-order chi connectivity index (χ0) is 21.5. The number of aromatic nitrogens is 1. The topological polar surface area (TPSA) is 59.3 Å². The molecule has 31 heavy (non-hydrogen) atoms. The predicted octanol–water partition coefficient (Wildman–Crippen LogP) is 6.11. The van der Waals surface area contributed by atoms with Gasteiger partial charge in [0.05, 0.1) is 11.4 Å². The molecule has 1 heterocycles. The molecule has 4 aromatic rings. The molecular weight excluding hydrogens is 501 g/mol. The lowest BCUT2D eigenvalue weighted by atomic mass is 9.85. The number of fused-ring (bicyclic) bond motifs is 3. The predicted molar refractivity (Wildman–Crippen MR) is 130 cm³/mol. The second-order valence-corrected chi connectivity index (χ2v) is 9.13. The summed E-state index contributed by atoms with van der Waals surface area (Å²) in [6.45, 7) is 0. The lowest BCUT2D eigenvalue weighted by molar-refractivity contribution is -0.139. The highest BCUT2D eigenvalue weighted by Crippen LogP contribution is 2.40. The van der Waals surface area contributed by atoms with Crippen LogP contribution in [0.15, 0.2) is 72.8 Å². The summed E-state index contributed by atoms with van der Waals surface area (Å²) in [5, 5.41) is 10.7. The number of carboxylic acid groups (broad SMARTS) is 1. The molecule has 1 unspecified atom stereocenters. The minimum Gasteiger partial charge on any atom is -0.481 e. The molecule has 1 aliphatic carbocycles. The monoisotopic (exact) mass is 521 g/mol. The third-order valence-electron chi connectivity index (χ3n) is 6.07. The van der Waals surface area contributed by atoms with E-state index in [1.54, 1.807) is 4.57 Å². The summed E-state index contributed by atoms with van der Waals surface area (Å²) in [6, 6.07) is 23.6. The van der Waals surface area contributed by atoms with Crippen molar-refractivity contribution >= 4 is 45.4 Å². The number of benzene rings is 3. The van der Waals surface area contributed by atoms with Crippen molar-refractivity contribution in [2.45, 2.75) is 25.2 Å². The van der Waals surface area contributed by atoms with E-state index < -0.39 is 11.9 Å². The average Bonchev–Trinajstić information content (AvgIpc) is 3.13. The standard InChI is InChI=1S/C26H20INO3/c27-19-13-14-22-21(15-19)24-20(26(30)31)7-4-8-23(24)28(22)25(29)18-11-9-17(10-12-18)16-5-2-1-3-6-16/h1-3,5-6,9-15,20H,4,7-8H2,(H,30,31). The van der Waals surface area contributed by atoms with Gasteiger partial charge in [-0.2, -0.15) is 0 Å². The molecule has 5 heteroatoms. The lowest BCUT2D eigenvalue weighted by Gasteiger charge is -2.21. The largest absolute Gasteiger partial charge is 0.481 e. The molecule has 0 bridgehead atoms. The van der Waals surface area contributed by atoms with Crippen molar-refractivity contribution in [3.63, 3.8) is 0 Å². The quantitative estimate of drug-likeness (QED) is 0.331. The van der Waals surface area contributed by atoms with Gasteiger partial charge in [0.2, 0.25) is 0 Å². The van der Waals surface area contributed by atoms with Gasteiger partial charge < -0.3 is 5.11 Å². The number of aliphatic carboxylic acids is 1. The number of hydrogen-bond donors (Lipinski definition) is 1. The maximum absolute atomic E-state index is 13.6. The molecule has 0 spiro atoms. The van der Waals surface area contributed by atoms with Crippen molar-refractivity contribution in [3.8, 4) is 11.1 Å². The number of nitrogens with zero attached hydrogens (tertiary/aromatic N) is 1. The van der Waals surface area contributed by atoms with Gasteiger partial charge in [0.15, 0.2) is 0 Å². The number of carbonyl (C=O) groups is 2. The Labute approximate surface area is 193 Å². The zero-order valence-corrected chi connectivity index (χ0v) is 18.9. The Morgan fingerprint density at radius 1 is 0.935 bits per heavy atom. The van der Waals surface area contributed by atoms with Crippen LogP contribution in [0.2, 0.25) is 0 Å². The molecule has 4 nitrogen and oxygen atoms in total. The van der Waals surface area contributed by atoms with Gasteiger partial charge in [-0.05, 0) is 88.9 Å². The zero-order valence-electron chi connectivity index (χ0n) is 16.7. The fraction of sp³-hybridized carbons (Fsp3) is 0.154. The van der Waals surface area contributed by atoms with Crippen molar-refractivity contribution in [3.05, 3.63) is 93.2 Å². The van der Waals surface area contributed by atoms with Crippen LogP contribution in [-0.4, -0.2) is 21.6 Å².